The number of fused-ring (bicyclic) bond motifs is 8. The second kappa shape index (κ2) is 13.8. The summed E-state index contributed by atoms with van der Waals surface area (Å²) in [5.41, 5.74) is 12.1. The Morgan fingerprint density at radius 2 is 0.717 bits per heavy atom. The van der Waals surface area contributed by atoms with Crippen LogP contribution in [0.3, 0.4) is 0 Å². The molecule has 5 nitrogen and oxygen atoms in total. The first-order valence-corrected chi connectivity index (χ1v) is 20.3. The van der Waals surface area contributed by atoms with Gasteiger partial charge in [-0.3, -0.25) is 0 Å². The zero-order chi connectivity index (χ0) is 39.6. The van der Waals surface area contributed by atoms with Crippen LogP contribution in [-0.2, 0) is 0 Å². The Kier molecular flexibility index (Phi) is 7.78. The van der Waals surface area contributed by atoms with Crippen LogP contribution >= 0.6 is 0 Å². The van der Waals surface area contributed by atoms with E-state index in [-0.39, 0.29) is 0 Å². The molecule has 12 aromatic rings. The first kappa shape index (κ1) is 33.9. The Morgan fingerprint density at radius 1 is 0.267 bits per heavy atom. The Bertz CT molecular complexity index is 3500. The van der Waals surface area contributed by atoms with Gasteiger partial charge in [-0.1, -0.05) is 152 Å². The first-order valence-electron chi connectivity index (χ1n) is 20.3. The topological polar surface area (TPSA) is 48.5 Å². The summed E-state index contributed by atoms with van der Waals surface area (Å²) < 4.78 is 4.84. The zero-order valence-corrected chi connectivity index (χ0v) is 32.4. The molecule has 0 fully saturated rings. The van der Waals surface area contributed by atoms with Gasteiger partial charge in [-0.05, 0) is 82.6 Å². The highest BCUT2D eigenvalue weighted by Crippen LogP contribution is 2.44. The van der Waals surface area contributed by atoms with Gasteiger partial charge in [-0.25, -0.2) is 15.0 Å². The molecule has 0 saturated carbocycles. The molecule has 0 atom stereocenters. The molecule has 0 amide bonds. The van der Waals surface area contributed by atoms with Crippen molar-refractivity contribution < 1.29 is 0 Å². The van der Waals surface area contributed by atoms with Gasteiger partial charge in [0.25, 0.3) is 0 Å². The second-order valence-electron chi connectivity index (χ2n) is 15.2. The smallest absolute Gasteiger partial charge is 0.164 e. The highest BCUT2D eigenvalue weighted by Gasteiger charge is 2.22. The van der Waals surface area contributed by atoms with Crippen LogP contribution in [0.25, 0.3) is 111 Å². The van der Waals surface area contributed by atoms with E-state index in [1.165, 1.54) is 49.0 Å². The van der Waals surface area contributed by atoms with Crippen molar-refractivity contribution in [1.82, 2.24) is 24.1 Å². The lowest BCUT2D eigenvalue weighted by Gasteiger charge is -2.12. The molecule has 0 spiro atoms. The van der Waals surface area contributed by atoms with Gasteiger partial charge in [0, 0.05) is 49.6 Å². The predicted octanol–water partition coefficient (Wildman–Crippen LogP) is 13.9. The molecule has 0 aliphatic carbocycles. The summed E-state index contributed by atoms with van der Waals surface area (Å²) in [5.74, 6) is 1.92. The molecular formula is C55H35N5. The van der Waals surface area contributed by atoms with Gasteiger partial charge in [0.2, 0.25) is 0 Å². The van der Waals surface area contributed by atoms with E-state index in [1.54, 1.807) is 0 Å². The maximum atomic E-state index is 5.00. The molecule has 3 heterocycles. The summed E-state index contributed by atoms with van der Waals surface area (Å²) >= 11 is 0. The molecule has 9 aromatic carbocycles. The number of nitrogens with zero attached hydrogens (tertiary/aromatic N) is 5. The molecule has 3 aromatic heterocycles. The Hall–Kier alpha value is -8.15. The molecule has 0 aliphatic heterocycles. The van der Waals surface area contributed by atoms with Crippen molar-refractivity contribution in [2.75, 3.05) is 0 Å². The fourth-order valence-electron chi connectivity index (χ4n) is 9.03. The fraction of sp³-hybridized carbons (Fsp3) is 0. The van der Waals surface area contributed by atoms with Crippen LogP contribution in [0.4, 0.5) is 0 Å². The minimum atomic E-state index is 0.632. The molecule has 60 heavy (non-hydrogen) atoms. The van der Waals surface area contributed by atoms with Crippen molar-refractivity contribution in [2.24, 2.45) is 0 Å². The van der Waals surface area contributed by atoms with Crippen LogP contribution in [0.15, 0.2) is 212 Å². The van der Waals surface area contributed by atoms with Gasteiger partial charge >= 0.3 is 0 Å². The standard InChI is InChI=1S/C55H35N5/c1-5-17-36(18-6-1)45-34-51-52(44-27-14-13-25-42(44)45)47-33-46-43-26-15-16-28-48(43)59(49(46)35-50(47)60(51)40-23-11-4-12-24-40)41-31-29-39(30-32-41)55-57-53(37-19-7-2-8-20-37)56-54(58-55)38-21-9-3-10-22-38/h1-35H. The third-order valence-electron chi connectivity index (χ3n) is 11.7. The van der Waals surface area contributed by atoms with E-state index < -0.39 is 0 Å². The van der Waals surface area contributed by atoms with Gasteiger partial charge in [0.15, 0.2) is 17.5 Å². The number of rotatable bonds is 6. The van der Waals surface area contributed by atoms with Crippen LogP contribution in [0.1, 0.15) is 0 Å². The Labute approximate surface area is 346 Å². The van der Waals surface area contributed by atoms with Crippen LogP contribution in [0.5, 0.6) is 0 Å². The lowest BCUT2D eigenvalue weighted by atomic mass is 9.94. The van der Waals surface area contributed by atoms with Crippen molar-refractivity contribution in [2.45, 2.75) is 0 Å². The van der Waals surface area contributed by atoms with Gasteiger partial charge in [-0.15, -0.1) is 0 Å². The molecular weight excluding hydrogens is 731 g/mol. The van der Waals surface area contributed by atoms with Crippen LogP contribution < -0.4 is 0 Å². The number of para-hydroxylation sites is 2. The highest BCUT2D eigenvalue weighted by molar-refractivity contribution is 6.27. The second-order valence-corrected chi connectivity index (χ2v) is 15.2. The summed E-state index contributed by atoms with van der Waals surface area (Å²) in [6.07, 6.45) is 0. The molecule has 12 rings (SSSR count). The average Bonchev–Trinajstić information content (AvgIpc) is 3.83. The maximum absolute atomic E-state index is 5.00. The summed E-state index contributed by atoms with van der Waals surface area (Å²) in [5, 5.41) is 7.40. The summed E-state index contributed by atoms with van der Waals surface area (Å²) in [7, 11) is 0. The van der Waals surface area contributed by atoms with Crippen molar-refractivity contribution in [3.05, 3.63) is 212 Å². The normalized spacial score (nSPS) is 11.7. The van der Waals surface area contributed by atoms with Gasteiger partial charge in [-0.2, -0.15) is 0 Å². The monoisotopic (exact) mass is 765 g/mol. The minimum Gasteiger partial charge on any atom is -0.309 e. The fourth-order valence-corrected chi connectivity index (χ4v) is 9.03. The Balaban J connectivity index is 1.09. The van der Waals surface area contributed by atoms with Crippen molar-refractivity contribution >= 4 is 54.4 Å². The largest absolute Gasteiger partial charge is 0.309 e. The first-order chi connectivity index (χ1) is 29.8. The quantitative estimate of drug-likeness (QED) is 0.169. The van der Waals surface area contributed by atoms with Crippen molar-refractivity contribution in [1.29, 1.82) is 0 Å². The molecule has 0 radical (unpaired) electrons. The summed E-state index contributed by atoms with van der Waals surface area (Å²) in [6, 6.07) is 75.2. The predicted molar refractivity (Wildman–Crippen MR) is 248 cm³/mol. The van der Waals surface area contributed by atoms with E-state index >= 15 is 0 Å². The van der Waals surface area contributed by atoms with Crippen molar-refractivity contribution in [3.63, 3.8) is 0 Å². The van der Waals surface area contributed by atoms with E-state index in [0.717, 1.165) is 44.6 Å². The van der Waals surface area contributed by atoms with E-state index in [0.29, 0.717) is 17.5 Å². The van der Waals surface area contributed by atoms with Crippen LogP contribution in [0.2, 0.25) is 0 Å². The van der Waals surface area contributed by atoms with E-state index in [1.807, 2.05) is 60.7 Å². The zero-order valence-electron chi connectivity index (χ0n) is 32.4. The lowest BCUT2D eigenvalue weighted by molar-refractivity contribution is 1.07. The molecule has 0 unspecified atom stereocenters. The van der Waals surface area contributed by atoms with Gasteiger partial charge in [0.1, 0.15) is 0 Å². The highest BCUT2D eigenvalue weighted by atomic mass is 15.0. The molecule has 0 N–H and O–H groups in total. The average molecular weight is 766 g/mol. The summed E-state index contributed by atoms with van der Waals surface area (Å²) in [4.78, 5) is 14.9. The number of hydrogen-bond donors (Lipinski definition) is 0. The van der Waals surface area contributed by atoms with E-state index in [4.69, 9.17) is 15.0 Å². The third-order valence-corrected chi connectivity index (χ3v) is 11.7. The molecule has 5 heteroatoms. The SMILES string of the molecule is c1ccc(-c2nc(-c3ccccc3)nc(-c3ccc(-n4c5ccccc5c5cc6c7c8ccccc8c(-c8ccccc8)cc7n(-c7ccccc7)c6cc54)cc3)n2)cc1. The van der Waals surface area contributed by atoms with E-state index in [2.05, 4.69) is 161 Å². The number of benzene rings is 9. The van der Waals surface area contributed by atoms with Gasteiger partial charge < -0.3 is 9.13 Å². The lowest BCUT2D eigenvalue weighted by Crippen LogP contribution is -2.00. The number of hydrogen-bond acceptors (Lipinski definition) is 3. The molecule has 0 saturated heterocycles. The third kappa shape index (κ3) is 5.44. The van der Waals surface area contributed by atoms with E-state index in [9.17, 15) is 0 Å². The van der Waals surface area contributed by atoms with Crippen LogP contribution in [0, 0.1) is 0 Å². The summed E-state index contributed by atoms with van der Waals surface area (Å²) in [6.45, 7) is 0. The Morgan fingerprint density at radius 3 is 1.33 bits per heavy atom. The molecule has 0 bridgehead atoms. The molecule has 280 valence electrons. The minimum absolute atomic E-state index is 0.632. The van der Waals surface area contributed by atoms with Crippen LogP contribution in [-0.4, -0.2) is 24.1 Å². The molecule has 0 aliphatic rings. The van der Waals surface area contributed by atoms with Gasteiger partial charge in [0.05, 0.1) is 22.1 Å². The maximum Gasteiger partial charge on any atom is 0.164 e. The van der Waals surface area contributed by atoms with Crippen molar-refractivity contribution in [3.8, 4) is 56.7 Å². The number of aromatic nitrogens is 5.